The molecule has 3 rings (SSSR count). The van der Waals surface area contributed by atoms with E-state index in [0.29, 0.717) is 34.3 Å². The van der Waals surface area contributed by atoms with Crippen molar-refractivity contribution in [2.75, 3.05) is 16.0 Å². The molecule has 3 N–H and O–H groups in total. The van der Waals surface area contributed by atoms with Gasteiger partial charge in [0.15, 0.2) is 5.82 Å². The van der Waals surface area contributed by atoms with Gasteiger partial charge in [-0.05, 0) is 43.3 Å². The van der Waals surface area contributed by atoms with Crippen LogP contribution in [0.15, 0.2) is 53.2 Å². The van der Waals surface area contributed by atoms with Crippen molar-refractivity contribution < 1.29 is 14.1 Å². The molecule has 2 heterocycles. The molecule has 0 radical (unpaired) electrons. The van der Waals surface area contributed by atoms with Gasteiger partial charge in [-0.15, -0.1) is 0 Å². The molecule has 2 amide bonds. The fourth-order valence-electron chi connectivity index (χ4n) is 2.20. The van der Waals surface area contributed by atoms with Crippen LogP contribution in [0.25, 0.3) is 0 Å². The molecule has 0 fully saturated rings. The van der Waals surface area contributed by atoms with Crippen LogP contribution in [0.1, 0.15) is 23.0 Å². The Bertz CT molecular complexity index is 917. The first-order valence-corrected chi connectivity index (χ1v) is 7.85. The molecule has 26 heavy (non-hydrogen) atoms. The summed E-state index contributed by atoms with van der Waals surface area (Å²) >= 11 is 0. The van der Waals surface area contributed by atoms with E-state index in [-0.39, 0.29) is 11.8 Å². The number of carbonyl (C=O) groups is 2. The van der Waals surface area contributed by atoms with Crippen LogP contribution < -0.4 is 16.0 Å². The number of benzene rings is 1. The van der Waals surface area contributed by atoms with E-state index in [1.807, 2.05) is 0 Å². The first-order valence-electron chi connectivity index (χ1n) is 7.85. The van der Waals surface area contributed by atoms with Gasteiger partial charge in [0.2, 0.25) is 5.91 Å². The Morgan fingerprint density at radius 3 is 2.19 bits per heavy atom. The zero-order chi connectivity index (χ0) is 18.5. The molecular formula is C18H17N5O3. The molecule has 0 spiro atoms. The van der Waals surface area contributed by atoms with E-state index in [9.17, 15) is 9.59 Å². The molecule has 1 aromatic carbocycles. The third kappa shape index (κ3) is 4.44. The van der Waals surface area contributed by atoms with Crippen LogP contribution in [0.3, 0.4) is 0 Å². The number of carbonyl (C=O) groups excluding carboxylic acids is 2. The smallest absolute Gasteiger partial charge is 0.257 e. The normalized spacial score (nSPS) is 10.2. The number of anilines is 4. The number of aromatic nitrogens is 2. The Hall–Kier alpha value is -3.68. The summed E-state index contributed by atoms with van der Waals surface area (Å²) in [6, 6.07) is 11.9. The number of hydrogen-bond donors (Lipinski definition) is 3. The van der Waals surface area contributed by atoms with Gasteiger partial charge < -0.3 is 20.5 Å². The van der Waals surface area contributed by atoms with Gasteiger partial charge in [0.05, 0.1) is 5.56 Å². The van der Waals surface area contributed by atoms with Crippen LogP contribution in [0.4, 0.5) is 23.0 Å². The maximum atomic E-state index is 12.3. The number of rotatable bonds is 5. The van der Waals surface area contributed by atoms with Crippen LogP contribution >= 0.6 is 0 Å². The highest BCUT2D eigenvalue weighted by molar-refractivity contribution is 6.04. The number of pyridine rings is 1. The average molecular weight is 351 g/mol. The van der Waals surface area contributed by atoms with Crippen LogP contribution in [-0.4, -0.2) is 22.0 Å². The van der Waals surface area contributed by atoms with E-state index in [1.54, 1.807) is 49.4 Å². The van der Waals surface area contributed by atoms with Gasteiger partial charge in [-0.1, -0.05) is 5.16 Å². The molecule has 0 aliphatic carbocycles. The first kappa shape index (κ1) is 17.2. The van der Waals surface area contributed by atoms with Gasteiger partial charge in [0.25, 0.3) is 5.91 Å². The van der Waals surface area contributed by atoms with Gasteiger partial charge in [-0.25, -0.2) is 4.98 Å². The maximum Gasteiger partial charge on any atom is 0.257 e. The maximum absolute atomic E-state index is 12.3. The van der Waals surface area contributed by atoms with E-state index in [0.717, 1.165) is 0 Å². The van der Waals surface area contributed by atoms with Gasteiger partial charge in [0, 0.05) is 30.6 Å². The minimum Gasteiger partial charge on any atom is -0.360 e. The largest absolute Gasteiger partial charge is 0.360 e. The van der Waals surface area contributed by atoms with Crippen LogP contribution in [0.2, 0.25) is 0 Å². The van der Waals surface area contributed by atoms with E-state index in [2.05, 4.69) is 26.1 Å². The second-order valence-corrected chi connectivity index (χ2v) is 5.59. The Balaban J connectivity index is 1.61. The van der Waals surface area contributed by atoms with Crippen LogP contribution in [-0.2, 0) is 4.79 Å². The summed E-state index contributed by atoms with van der Waals surface area (Å²) in [6.07, 6.45) is 1.47. The third-order valence-electron chi connectivity index (χ3n) is 3.37. The number of hydrogen-bond acceptors (Lipinski definition) is 6. The lowest BCUT2D eigenvalue weighted by Gasteiger charge is -2.07. The molecule has 2 aromatic heterocycles. The summed E-state index contributed by atoms with van der Waals surface area (Å²) in [4.78, 5) is 27.5. The summed E-state index contributed by atoms with van der Waals surface area (Å²) in [5.41, 5.74) is 1.69. The van der Waals surface area contributed by atoms with E-state index in [4.69, 9.17) is 4.52 Å². The molecule has 132 valence electrons. The zero-order valence-electron chi connectivity index (χ0n) is 14.2. The lowest BCUT2D eigenvalue weighted by molar-refractivity contribution is -0.114. The highest BCUT2D eigenvalue weighted by Crippen LogP contribution is 2.16. The van der Waals surface area contributed by atoms with Crippen molar-refractivity contribution in [1.82, 2.24) is 10.1 Å². The fourth-order valence-corrected chi connectivity index (χ4v) is 2.20. The summed E-state index contributed by atoms with van der Waals surface area (Å²) < 4.78 is 4.97. The molecule has 0 saturated heterocycles. The minimum atomic E-state index is -0.284. The predicted molar refractivity (Wildman–Crippen MR) is 97.5 cm³/mol. The van der Waals surface area contributed by atoms with Crippen molar-refractivity contribution in [3.8, 4) is 0 Å². The van der Waals surface area contributed by atoms with Crippen molar-refractivity contribution in [3.63, 3.8) is 0 Å². The molecule has 0 atom stereocenters. The highest BCUT2D eigenvalue weighted by atomic mass is 16.5. The van der Waals surface area contributed by atoms with Gasteiger partial charge in [-0.3, -0.25) is 9.59 Å². The minimum absolute atomic E-state index is 0.151. The van der Waals surface area contributed by atoms with Crippen molar-refractivity contribution in [2.45, 2.75) is 13.8 Å². The monoisotopic (exact) mass is 351 g/mol. The van der Waals surface area contributed by atoms with Gasteiger partial charge >= 0.3 is 0 Å². The van der Waals surface area contributed by atoms with Crippen molar-refractivity contribution in [2.24, 2.45) is 0 Å². The standard InChI is InChI=1S/C18H17N5O3/c1-11-9-17(23-26-11)22-16-8-3-13(10-19-16)18(25)21-15-6-4-14(5-7-15)20-12(2)24/h3-10H,1-2H3,(H,20,24)(H,21,25)(H,19,22,23). The summed E-state index contributed by atoms with van der Waals surface area (Å²) in [7, 11) is 0. The molecule has 3 aromatic rings. The predicted octanol–water partition coefficient (Wildman–Crippen LogP) is 3.33. The zero-order valence-corrected chi connectivity index (χ0v) is 14.2. The third-order valence-corrected chi connectivity index (χ3v) is 3.37. The van der Waals surface area contributed by atoms with Gasteiger partial charge in [-0.2, -0.15) is 0 Å². The van der Waals surface area contributed by atoms with Crippen LogP contribution in [0, 0.1) is 6.92 Å². The SMILES string of the molecule is CC(=O)Nc1ccc(NC(=O)c2ccc(Nc3cc(C)on3)nc2)cc1. The number of aryl methyl sites for hydroxylation is 1. The molecule has 0 bridgehead atoms. The number of nitrogens with zero attached hydrogens (tertiary/aromatic N) is 2. The van der Waals surface area contributed by atoms with Crippen molar-refractivity contribution in [1.29, 1.82) is 0 Å². The molecule has 8 nitrogen and oxygen atoms in total. The lowest BCUT2D eigenvalue weighted by atomic mass is 10.2. The molecule has 0 saturated carbocycles. The molecule has 8 heteroatoms. The topological polar surface area (TPSA) is 109 Å². The van der Waals surface area contributed by atoms with Crippen LogP contribution in [0.5, 0.6) is 0 Å². The highest BCUT2D eigenvalue weighted by Gasteiger charge is 2.08. The molecule has 0 aliphatic rings. The Labute approximate surface area is 149 Å². The van der Waals surface area contributed by atoms with Crippen molar-refractivity contribution in [3.05, 3.63) is 60.0 Å². The average Bonchev–Trinajstić information content (AvgIpc) is 3.01. The quantitative estimate of drug-likeness (QED) is 0.650. The second-order valence-electron chi connectivity index (χ2n) is 5.59. The summed E-state index contributed by atoms with van der Waals surface area (Å²) in [5, 5.41) is 12.2. The lowest BCUT2D eigenvalue weighted by Crippen LogP contribution is -2.12. The fraction of sp³-hybridized carbons (Fsp3) is 0.111. The van der Waals surface area contributed by atoms with Crippen molar-refractivity contribution >= 4 is 34.8 Å². The first-order chi connectivity index (χ1) is 12.5. The summed E-state index contributed by atoms with van der Waals surface area (Å²) in [6.45, 7) is 3.23. The summed E-state index contributed by atoms with van der Waals surface area (Å²) in [5.74, 6) is 1.35. The Kier molecular flexibility index (Phi) is 4.93. The number of amides is 2. The van der Waals surface area contributed by atoms with E-state index >= 15 is 0 Å². The molecule has 0 aliphatic heterocycles. The van der Waals surface area contributed by atoms with E-state index < -0.39 is 0 Å². The number of nitrogens with one attached hydrogen (secondary N) is 3. The second kappa shape index (κ2) is 7.47. The molecular weight excluding hydrogens is 334 g/mol. The Morgan fingerprint density at radius 2 is 1.65 bits per heavy atom. The van der Waals surface area contributed by atoms with E-state index in [1.165, 1.54) is 13.1 Å². The Morgan fingerprint density at radius 1 is 0.962 bits per heavy atom. The molecule has 0 unspecified atom stereocenters. The van der Waals surface area contributed by atoms with Gasteiger partial charge in [0.1, 0.15) is 11.6 Å².